The Labute approximate surface area is 172 Å². The van der Waals surface area contributed by atoms with Crippen LogP contribution >= 0.6 is 11.3 Å². The summed E-state index contributed by atoms with van der Waals surface area (Å²) in [5, 5.41) is 4.47. The lowest BCUT2D eigenvalue weighted by molar-refractivity contribution is -0.0494. The van der Waals surface area contributed by atoms with Gasteiger partial charge < -0.3 is 14.8 Å². The molecule has 29 heavy (non-hydrogen) atoms. The summed E-state index contributed by atoms with van der Waals surface area (Å²) in [5.41, 5.74) is 4.03. The molecule has 4 nitrogen and oxygen atoms in total. The van der Waals surface area contributed by atoms with Gasteiger partial charge in [-0.25, -0.2) is 0 Å². The van der Waals surface area contributed by atoms with Gasteiger partial charge in [0.15, 0.2) is 0 Å². The Bertz CT molecular complexity index is 997. The first-order valence-electron chi connectivity index (χ1n) is 8.95. The second-order valence-corrected chi connectivity index (χ2v) is 7.67. The van der Waals surface area contributed by atoms with E-state index in [9.17, 15) is 13.6 Å². The van der Waals surface area contributed by atoms with Crippen molar-refractivity contribution in [1.29, 1.82) is 0 Å². The molecule has 0 aliphatic carbocycles. The second kappa shape index (κ2) is 9.05. The Kier molecular flexibility index (Phi) is 6.49. The summed E-state index contributed by atoms with van der Waals surface area (Å²) in [4.78, 5) is 13.0. The maximum Gasteiger partial charge on any atom is 0.387 e. The summed E-state index contributed by atoms with van der Waals surface area (Å²) in [5.74, 6) is 0.312. The van der Waals surface area contributed by atoms with Gasteiger partial charge in [0.05, 0.1) is 10.6 Å². The van der Waals surface area contributed by atoms with Gasteiger partial charge in [-0.1, -0.05) is 12.1 Å². The van der Waals surface area contributed by atoms with Gasteiger partial charge in [-0.15, -0.1) is 11.3 Å². The maximum atomic E-state index is 12.6. The van der Waals surface area contributed by atoms with Gasteiger partial charge in [0, 0.05) is 5.56 Å². The number of ether oxygens (including phenoxy) is 2. The Morgan fingerprint density at radius 3 is 2.45 bits per heavy atom. The predicted octanol–water partition coefficient (Wildman–Crippen LogP) is 6.11. The molecular formula is C22H21F2NO3S. The summed E-state index contributed by atoms with van der Waals surface area (Å²) < 4.78 is 35.6. The largest absolute Gasteiger partial charge is 0.489 e. The number of thiophene rings is 1. The van der Waals surface area contributed by atoms with Gasteiger partial charge in [0.2, 0.25) is 0 Å². The second-order valence-electron chi connectivity index (χ2n) is 6.76. The van der Waals surface area contributed by atoms with Gasteiger partial charge in [0.1, 0.15) is 18.1 Å². The standard InChI is InChI=1S/C22H21F2NO3S/c1-13-4-5-18(19(9-13)28-22(23)24)25-21(26)20-10-16(12-29-20)11-27-17-7-14(2)6-15(3)8-17/h4-10,12,22H,11H2,1-3H3,(H,25,26). The number of carbonyl (C=O) groups excluding carboxylic acids is 1. The number of anilines is 1. The number of hydrogen-bond donors (Lipinski definition) is 1. The molecule has 0 radical (unpaired) electrons. The Balaban J connectivity index is 1.66. The fourth-order valence-electron chi connectivity index (χ4n) is 2.86. The van der Waals surface area contributed by atoms with Gasteiger partial charge >= 0.3 is 6.61 Å². The zero-order chi connectivity index (χ0) is 21.0. The monoisotopic (exact) mass is 417 g/mol. The van der Waals surface area contributed by atoms with Gasteiger partial charge in [-0.05, 0) is 73.2 Å². The van der Waals surface area contributed by atoms with Crippen molar-refractivity contribution < 1.29 is 23.0 Å². The lowest BCUT2D eigenvalue weighted by atomic mass is 10.1. The van der Waals surface area contributed by atoms with Crippen LogP contribution in [0.2, 0.25) is 0 Å². The molecule has 7 heteroatoms. The summed E-state index contributed by atoms with van der Waals surface area (Å²) >= 11 is 1.26. The van der Waals surface area contributed by atoms with Crippen LogP contribution in [0.1, 0.15) is 31.9 Å². The van der Waals surface area contributed by atoms with Gasteiger partial charge in [0.25, 0.3) is 5.91 Å². The highest BCUT2D eigenvalue weighted by Gasteiger charge is 2.15. The molecule has 3 rings (SSSR count). The van der Waals surface area contributed by atoms with E-state index < -0.39 is 12.5 Å². The third-order valence-corrected chi connectivity index (χ3v) is 5.06. The van der Waals surface area contributed by atoms with Crippen molar-refractivity contribution in [3.05, 3.63) is 75.0 Å². The molecule has 0 unspecified atom stereocenters. The van der Waals surface area contributed by atoms with E-state index in [4.69, 9.17) is 4.74 Å². The van der Waals surface area contributed by atoms with E-state index in [0.29, 0.717) is 11.5 Å². The summed E-state index contributed by atoms with van der Waals surface area (Å²) in [6.45, 7) is 3.12. The molecule has 152 valence electrons. The highest BCUT2D eigenvalue weighted by atomic mass is 32.1. The summed E-state index contributed by atoms with van der Waals surface area (Å²) in [6, 6.07) is 12.4. The van der Waals surface area contributed by atoms with E-state index in [-0.39, 0.29) is 11.4 Å². The molecule has 0 saturated heterocycles. The first-order chi connectivity index (χ1) is 13.8. The molecule has 1 heterocycles. The van der Waals surface area contributed by atoms with Crippen LogP contribution in [0.5, 0.6) is 11.5 Å². The van der Waals surface area contributed by atoms with E-state index >= 15 is 0 Å². The highest BCUT2D eigenvalue weighted by molar-refractivity contribution is 7.12. The van der Waals surface area contributed by atoms with Crippen molar-refractivity contribution in [1.82, 2.24) is 0 Å². The molecule has 3 aromatic rings. The van der Waals surface area contributed by atoms with Crippen molar-refractivity contribution in [2.45, 2.75) is 34.0 Å². The van der Waals surface area contributed by atoms with Crippen LogP contribution in [0.4, 0.5) is 14.5 Å². The van der Waals surface area contributed by atoms with Crippen LogP contribution in [0.3, 0.4) is 0 Å². The Morgan fingerprint density at radius 1 is 1.03 bits per heavy atom. The minimum atomic E-state index is -2.97. The molecule has 0 bridgehead atoms. The van der Waals surface area contributed by atoms with Crippen LogP contribution in [0.25, 0.3) is 0 Å². The van der Waals surface area contributed by atoms with Crippen LogP contribution in [-0.2, 0) is 6.61 Å². The smallest absolute Gasteiger partial charge is 0.387 e. The number of rotatable bonds is 7. The van der Waals surface area contributed by atoms with E-state index in [1.807, 2.05) is 31.4 Å². The average Bonchev–Trinajstić information content (AvgIpc) is 3.10. The number of amides is 1. The lowest BCUT2D eigenvalue weighted by Crippen LogP contribution is -2.13. The van der Waals surface area contributed by atoms with Crippen molar-refractivity contribution in [2.24, 2.45) is 0 Å². The van der Waals surface area contributed by atoms with E-state index in [2.05, 4.69) is 16.1 Å². The summed E-state index contributed by atoms with van der Waals surface area (Å²) in [7, 11) is 0. The summed E-state index contributed by atoms with van der Waals surface area (Å²) in [6.07, 6.45) is 0. The number of benzene rings is 2. The quantitative estimate of drug-likeness (QED) is 0.505. The fourth-order valence-corrected chi connectivity index (χ4v) is 3.66. The fraction of sp³-hybridized carbons (Fsp3) is 0.227. The lowest BCUT2D eigenvalue weighted by Gasteiger charge is -2.12. The zero-order valence-corrected chi connectivity index (χ0v) is 17.1. The molecule has 0 atom stereocenters. The highest BCUT2D eigenvalue weighted by Crippen LogP contribution is 2.28. The number of hydrogen-bond acceptors (Lipinski definition) is 4. The molecule has 0 saturated carbocycles. The Morgan fingerprint density at radius 2 is 1.76 bits per heavy atom. The van der Waals surface area contributed by atoms with Crippen LogP contribution in [-0.4, -0.2) is 12.5 Å². The molecule has 1 aromatic heterocycles. The topological polar surface area (TPSA) is 47.6 Å². The molecule has 2 aromatic carbocycles. The minimum absolute atomic E-state index is 0.0664. The molecule has 1 N–H and O–H groups in total. The molecule has 0 fully saturated rings. The van der Waals surface area contributed by atoms with E-state index in [0.717, 1.165) is 28.0 Å². The molecule has 0 spiro atoms. The van der Waals surface area contributed by atoms with Crippen molar-refractivity contribution >= 4 is 22.9 Å². The first-order valence-corrected chi connectivity index (χ1v) is 9.83. The molecular weight excluding hydrogens is 396 g/mol. The third kappa shape index (κ3) is 5.77. The van der Waals surface area contributed by atoms with Crippen molar-refractivity contribution in [2.75, 3.05) is 5.32 Å². The van der Waals surface area contributed by atoms with Crippen molar-refractivity contribution in [3.8, 4) is 11.5 Å². The number of halogens is 2. The number of aryl methyl sites for hydroxylation is 3. The van der Waals surface area contributed by atoms with Gasteiger partial charge in [-0.2, -0.15) is 8.78 Å². The zero-order valence-electron chi connectivity index (χ0n) is 16.3. The first kappa shape index (κ1) is 20.8. The number of carbonyl (C=O) groups is 1. The van der Waals surface area contributed by atoms with Crippen molar-refractivity contribution in [3.63, 3.8) is 0 Å². The molecule has 0 aliphatic rings. The van der Waals surface area contributed by atoms with Crippen LogP contribution in [0, 0.1) is 20.8 Å². The maximum absolute atomic E-state index is 12.6. The normalized spacial score (nSPS) is 10.8. The number of alkyl halides is 2. The van der Waals surface area contributed by atoms with Crippen LogP contribution in [0.15, 0.2) is 47.8 Å². The number of nitrogens with one attached hydrogen (secondary N) is 1. The van der Waals surface area contributed by atoms with Crippen LogP contribution < -0.4 is 14.8 Å². The average molecular weight is 417 g/mol. The third-order valence-electron chi connectivity index (χ3n) is 4.08. The SMILES string of the molecule is Cc1cc(C)cc(OCc2csc(C(=O)Nc3ccc(C)cc3OC(F)F)c2)c1. The molecule has 1 amide bonds. The van der Waals surface area contributed by atoms with Gasteiger partial charge in [-0.3, -0.25) is 4.79 Å². The van der Waals surface area contributed by atoms with E-state index in [1.165, 1.54) is 17.4 Å². The minimum Gasteiger partial charge on any atom is -0.489 e. The molecule has 0 aliphatic heterocycles. The predicted molar refractivity (Wildman–Crippen MR) is 110 cm³/mol. The van der Waals surface area contributed by atoms with E-state index in [1.54, 1.807) is 25.1 Å². The Hall–Kier alpha value is -2.93.